The van der Waals surface area contributed by atoms with Crippen LogP contribution in [0.5, 0.6) is 0 Å². The van der Waals surface area contributed by atoms with Gasteiger partial charge in [-0.1, -0.05) is 18.5 Å². The normalized spacial score (nSPS) is 12.8. The molecule has 78 valence electrons. The molecule has 1 heterocycles. The lowest BCUT2D eigenvalue weighted by Gasteiger charge is -2.11. The summed E-state index contributed by atoms with van der Waals surface area (Å²) in [4.78, 5) is 4.21. The summed E-state index contributed by atoms with van der Waals surface area (Å²) in [5.41, 5.74) is 0. The van der Waals surface area contributed by atoms with Crippen molar-refractivity contribution >= 4 is 23.4 Å². The van der Waals surface area contributed by atoms with E-state index in [2.05, 4.69) is 24.1 Å². The predicted octanol–water partition coefficient (Wildman–Crippen LogP) is 2.83. The van der Waals surface area contributed by atoms with Gasteiger partial charge in [-0.2, -0.15) is 0 Å². The highest BCUT2D eigenvalue weighted by Crippen LogP contribution is 2.24. The van der Waals surface area contributed by atoms with E-state index in [1.807, 2.05) is 12.1 Å². The van der Waals surface area contributed by atoms with Crippen LogP contribution in [0.3, 0.4) is 0 Å². The van der Waals surface area contributed by atoms with E-state index in [1.54, 1.807) is 18.0 Å². The van der Waals surface area contributed by atoms with Crippen LogP contribution in [0.1, 0.15) is 13.8 Å². The van der Waals surface area contributed by atoms with Crippen molar-refractivity contribution in [1.29, 1.82) is 0 Å². The van der Waals surface area contributed by atoms with Gasteiger partial charge in [0.1, 0.15) is 5.03 Å². The summed E-state index contributed by atoms with van der Waals surface area (Å²) in [6.45, 7) is 5.26. The molecule has 0 aliphatic rings. The summed E-state index contributed by atoms with van der Waals surface area (Å²) in [7, 11) is 0. The van der Waals surface area contributed by atoms with Crippen molar-refractivity contribution in [2.75, 3.05) is 12.3 Å². The molecule has 2 nitrogen and oxygen atoms in total. The lowest BCUT2D eigenvalue weighted by molar-refractivity contribution is 0.620. The molecule has 1 rings (SSSR count). The van der Waals surface area contributed by atoms with Crippen LogP contribution in [0.4, 0.5) is 0 Å². The number of aromatic nitrogens is 1. The zero-order valence-electron chi connectivity index (χ0n) is 8.46. The van der Waals surface area contributed by atoms with E-state index in [0.717, 1.165) is 22.3 Å². The molecule has 4 heteroatoms. The lowest BCUT2D eigenvalue weighted by atomic mass is 10.4. The summed E-state index contributed by atoms with van der Waals surface area (Å²) in [5.74, 6) is 0.991. The van der Waals surface area contributed by atoms with Crippen LogP contribution in [0, 0.1) is 0 Å². The highest BCUT2D eigenvalue weighted by atomic mass is 35.5. The molecule has 1 atom stereocenters. The molecule has 1 aromatic heterocycles. The molecular formula is C10H15ClN2S. The number of hydrogen-bond donors (Lipinski definition) is 1. The Morgan fingerprint density at radius 1 is 1.64 bits per heavy atom. The predicted molar refractivity (Wildman–Crippen MR) is 63.1 cm³/mol. The van der Waals surface area contributed by atoms with Crippen molar-refractivity contribution in [2.45, 2.75) is 24.9 Å². The molecule has 1 N–H and O–H groups in total. The molecular weight excluding hydrogens is 216 g/mol. The monoisotopic (exact) mass is 230 g/mol. The van der Waals surface area contributed by atoms with Crippen molar-refractivity contribution in [1.82, 2.24) is 10.3 Å². The number of halogens is 1. The van der Waals surface area contributed by atoms with Crippen molar-refractivity contribution in [3.05, 3.63) is 23.4 Å². The van der Waals surface area contributed by atoms with E-state index in [4.69, 9.17) is 11.6 Å². The standard InChI is InChI=1S/C10H15ClN2S/c1-3-12-8(2)7-14-10-9(11)5-4-6-13-10/h4-6,8,12H,3,7H2,1-2H3. The molecule has 0 amide bonds. The zero-order chi connectivity index (χ0) is 10.4. The summed E-state index contributed by atoms with van der Waals surface area (Å²) in [6.07, 6.45) is 1.77. The highest BCUT2D eigenvalue weighted by molar-refractivity contribution is 7.99. The van der Waals surface area contributed by atoms with Gasteiger partial charge in [-0.25, -0.2) is 4.98 Å². The van der Waals surface area contributed by atoms with Gasteiger partial charge in [0, 0.05) is 18.0 Å². The number of pyridine rings is 1. The molecule has 0 fully saturated rings. The lowest BCUT2D eigenvalue weighted by Crippen LogP contribution is -2.27. The number of thioether (sulfide) groups is 1. The molecule has 1 aromatic rings. The van der Waals surface area contributed by atoms with Gasteiger partial charge in [-0.3, -0.25) is 0 Å². The number of nitrogens with one attached hydrogen (secondary N) is 1. The maximum Gasteiger partial charge on any atom is 0.115 e. The summed E-state index contributed by atoms with van der Waals surface area (Å²) >= 11 is 7.67. The summed E-state index contributed by atoms with van der Waals surface area (Å²) < 4.78 is 0. The molecule has 0 saturated heterocycles. The molecule has 0 aliphatic carbocycles. The van der Waals surface area contributed by atoms with E-state index in [0.29, 0.717) is 6.04 Å². The Morgan fingerprint density at radius 3 is 3.07 bits per heavy atom. The van der Waals surface area contributed by atoms with Crippen LogP contribution in [0.2, 0.25) is 5.02 Å². The van der Waals surface area contributed by atoms with E-state index in [-0.39, 0.29) is 0 Å². The Hall–Kier alpha value is -0.250. The van der Waals surface area contributed by atoms with Crippen molar-refractivity contribution < 1.29 is 0 Å². The minimum Gasteiger partial charge on any atom is -0.314 e. The number of nitrogens with zero attached hydrogens (tertiary/aromatic N) is 1. The first-order valence-corrected chi connectivity index (χ1v) is 6.07. The van der Waals surface area contributed by atoms with Gasteiger partial charge >= 0.3 is 0 Å². The van der Waals surface area contributed by atoms with Crippen LogP contribution in [-0.4, -0.2) is 23.3 Å². The average Bonchev–Trinajstić information content (AvgIpc) is 2.17. The molecule has 0 bridgehead atoms. The third-order valence-electron chi connectivity index (χ3n) is 1.75. The fourth-order valence-corrected chi connectivity index (χ4v) is 2.24. The molecule has 0 radical (unpaired) electrons. The van der Waals surface area contributed by atoms with E-state index in [1.165, 1.54) is 0 Å². The van der Waals surface area contributed by atoms with Gasteiger partial charge in [-0.05, 0) is 25.6 Å². The largest absolute Gasteiger partial charge is 0.314 e. The molecule has 0 aliphatic heterocycles. The SMILES string of the molecule is CCNC(C)CSc1ncccc1Cl. The van der Waals surface area contributed by atoms with Crippen molar-refractivity contribution in [3.63, 3.8) is 0 Å². The van der Waals surface area contributed by atoms with Gasteiger partial charge in [0.15, 0.2) is 0 Å². The minimum absolute atomic E-state index is 0.489. The zero-order valence-corrected chi connectivity index (χ0v) is 10.0. The van der Waals surface area contributed by atoms with Crippen LogP contribution in [0.25, 0.3) is 0 Å². The third-order valence-corrected chi connectivity index (χ3v) is 3.43. The van der Waals surface area contributed by atoms with Gasteiger partial charge in [0.25, 0.3) is 0 Å². The topological polar surface area (TPSA) is 24.9 Å². The Morgan fingerprint density at radius 2 is 2.43 bits per heavy atom. The fraction of sp³-hybridized carbons (Fsp3) is 0.500. The maximum absolute atomic E-state index is 5.98. The Kier molecular flexibility index (Phi) is 5.30. The van der Waals surface area contributed by atoms with Crippen LogP contribution in [0.15, 0.2) is 23.4 Å². The third kappa shape index (κ3) is 3.86. The molecule has 0 aromatic carbocycles. The van der Waals surface area contributed by atoms with Crippen LogP contribution >= 0.6 is 23.4 Å². The van der Waals surface area contributed by atoms with Crippen molar-refractivity contribution in [3.8, 4) is 0 Å². The summed E-state index contributed by atoms with van der Waals surface area (Å²) in [5, 5.41) is 5.00. The minimum atomic E-state index is 0.489. The second-order valence-electron chi connectivity index (χ2n) is 3.06. The van der Waals surface area contributed by atoms with E-state index < -0.39 is 0 Å². The summed E-state index contributed by atoms with van der Waals surface area (Å²) in [6, 6.07) is 4.21. The Labute approximate surface area is 94.5 Å². The number of hydrogen-bond acceptors (Lipinski definition) is 3. The molecule has 14 heavy (non-hydrogen) atoms. The first-order chi connectivity index (χ1) is 6.74. The smallest absolute Gasteiger partial charge is 0.115 e. The van der Waals surface area contributed by atoms with Crippen molar-refractivity contribution in [2.24, 2.45) is 0 Å². The second-order valence-corrected chi connectivity index (χ2v) is 4.48. The average molecular weight is 231 g/mol. The van der Waals surface area contributed by atoms with Gasteiger partial charge < -0.3 is 5.32 Å². The van der Waals surface area contributed by atoms with Crippen LogP contribution < -0.4 is 5.32 Å². The van der Waals surface area contributed by atoms with E-state index >= 15 is 0 Å². The van der Waals surface area contributed by atoms with Gasteiger partial charge in [0.2, 0.25) is 0 Å². The second kappa shape index (κ2) is 6.27. The van der Waals surface area contributed by atoms with Gasteiger partial charge in [-0.15, -0.1) is 11.8 Å². The first kappa shape index (κ1) is 11.8. The fourth-order valence-electron chi connectivity index (χ4n) is 1.09. The maximum atomic E-state index is 5.98. The Balaban J connectivity index is 2.41. The van der Waals surface area contributed by atoms with Crippen LogP contribution in [-0.2, 0) is 0 Å². The molecule has 0 saturated carbocycles. The Bertz CT molecular complexity index is 281. The highest BCUT2D eigenvalue weighted by Gasteiger charge is 2.04. The quantitative estimate of drug-likeness (QED) is 0.788. The number of rotatable bonds is 5. The van der Waals surface area contributed by atoms with E-state index in [9.17, 15) is 0 Å². The van der Waals surface area contributed by atoms with Gasteiger partial charge in [0.05, 0.1) is 5.02 Å². The molecule has 0 spiro atoms. The first-order valence-electron chi connectivity index (χ1n) is 4.70. The molecule has 1 unspecified atom stereocenters.